The summed E-state index contributed by atoms with van der Waals surface area (Å²) in [6, 6.07) is 0. The van der Waals surface area contributed by atoms with Gasteiger partial charge in [-0.3, -0.25) is 0 Å². The standard InChI is InChI=1S/2Na.O4Si.Zn/c;;1-5(2,3)4;/q2*+1;-4;+2. The maximum absolute atomic E-state index is 8.58. The summed E-state index contributed by atoms with van der Waals surface area (Å²) in [6.07, 6.45) is 0. The zero-order valence-corrected chi connectivity index (χ0v) is 12.8. The molecule has 0 aliphatic carbocycles. The molecule has 0 aromatic carbocycles. The van der Waals surface area contributed by atoms with Gasteiger partial charge in [0.2, 0.25) is 0 Å². The molecule has 0 unspecified atom stereocenters. The van der Waals surface area contributed by atoms with Crippen LogP contribution in [0.5, 0.6) is 0 Å². The van der Waals surface area contributed by atoms with Crippen molar-refractivity contribution in [1.82, 2.24) is 0 Å². The van der Waals surface area contributed by atoms with Crippen molar-refractivity contribution in [3.05, 3.63) is 0 Å². The normalized spacial score (nSPS) is 7.50. The van der Waals surface area contributed by atoms with Crippen molar-refractivity contribution in [3.8, 4) is 0 Å². The minimum atomic E-state index is -5.61. The van der Waals surface area contributed by atoms with Crippen LogP contribution >= 0.6 is 0 Å². The van der Waals surface area contributed by atoms with Gasteiger partial charge in [-0.05, 0) is 0 Å². The Bertz CT molecular complexity index is 29.5. The van der Waals surface area contributed by atoms with E-state index in [2.05, 4.69) is 0 Å². The molecule has 4 nitrogen and oxygen atoms in total. The largest absolute Gasteiger partial charge is 2.00 e. The van der Waals surface area contributed by atoms with Crippen LogP contribution in [0, 0.1) is 0 Å². The summed E-state index contributed by atoms with van der Waals surface area (Å²) in [7, 11) is -5.61. The van der Waals surface area contributed by atoms with Gasteiger partial charge in [-0.2, -0.15) is 0 Å². The first kappa shape index (κ1) is 22.4. The van der Waals surface area contributed by atoms with Crippen molar-refractivity contribution in [3.63, 3.8) is 0 Å². The van der Waals surface area contributed by atoms with Crippen LogP contribution in [0.25, 0.3) is 0 Å². The summed E-state index contributed by atoms with van der Waals surface area (Å²) >= 11 is 0. The Hall–Kier alpha value is 2.68. The monoisotopic (exact) mass is 202 g/mol. The van der Waals surface area contributed by atoms with Crippen LogP contribution in [0.3, 0.4) is 0 Å². The Balaban J connectivity index is -0.0000000267. The summed E-state index contributed by atoms with van der Waals surface area (Å²) in [6.45, 7) is 0. The average Bonchev–Trinajstić information content (AvgIpc) is 0.722. The molecule has 0 N–H and O–H groups in total. The molecule has 8 heteroatoms. The molecule has 0 radical (unpaired) electrons. The molecule has 0 spiro atoms. The molecule has 32 valence electrons. The van der Waals surface area contributed by atoms with Crippen molar-refractivity contribution in [1.29, 1.82) is 0 Å². The van der Waals surface area contributed by atoms with Gasteiger partial charge in [0.25, 0.3) is 0 Å². The molecular formula is Na2O4SiZn. The van der Waals surface area contributed by atoms with E-state index in [1.807, 2.05) is 0 Å². The summed E-state index contributed by atoms with van der Waals surface area (Å²) < 4.78 is 0. The van der Waals surface area contributed by atoms with E-state index >= 15 is 0 Å². The maximum Gasteiger partial charge on any atom is 2.00 e. The fraction of sp³-hybridized carbons (Fsp3) is 0. The summed E-state index contributed by atoms with van der Waals surface area (Å²) in [4.78, 5) is 34.3. The Labute approximate surface area is 105 Å². The summed E-state index contributed by atoms with van der Waals surface area (Å²) in [5.74, 6) is 0. The van der Waals surface area contributed by atoms with Gasteiger partial charge in [0.15, 0.2) is 0 Å². The van der Waals surface area contributed by atoms with Crippen LogP contribution < -0.4 is 78.3 Å². The van der Waals surface area contributed by atoms with Crippen LogP contribution in [0.2, 0.25) is 0 Å². The van der Waals surface area contributed by atoms with Crippen LogP contribution in [0.15, 0.2) is 0 Å². The molecule has 0 rings (SSSR count). The molecule has 0 saturated heterocycles. The molecule has 0 amide bonds. The molecule has 0 aromatic heterocycles. The second kappa shape index (κ2) is 9.68. The number of hydrogen-bond acceptors (Lipinski definition) is 4. The van der Waals surface area contributed by atoms with Gasteiger partial charge in [-0.1, -0.05) is 0 Å². The van der Waals surface area contributed by atoms with E-state index in [0.29, 0.717) is 0 Å². The van der Waals surface area contributed by atoms with Crippen LogP contribution in [-0.4, -0.2) is 9.05 Å². The SMILES string of the molecule is [Na+].[Na+].[O-][Si]([O-])([O-])[O-].[Zn+2]. The minimum Gasteiger partial charge on any atom is -0.894 e. The smallest absolute Gasteiger partial charge is 0.894 e. The van der Waals surface area contributed by atoms with E-state index in [1.54, 1.807) is 0 Å². The molecule has 0 heterocycles. The Morgan fingerprint density at radius 3 is 0.750 bits per heavy atom. The predicted octanol–water partition coefficient (Wildman–Crippen LogP) is -11.1. The zero-order valence-electron chi connectivity index (χ0n) is 4.84. The van der Waals surface area contributed by atoms with Crippen molar-refractivity contribution < 1.29 is 97.8 Å². The van der Waals surface area contributed by atoms with Crippen molar-refractivity contribution in [2.45, 2.75) is 0 Å². The van der Waals surface area contributed by atoms with Gasteiger partial charge >= 0.3 is 78.6 Å². The average molecular weight is 203 g/mol. The molecule has 0 bridgehead atoms. The molecule has 0 atom stereocenters. The summed E-state index contributed by atoms with van der Waals surface area (Å²) in [5, 5.41) is 0. The molecule has 0 fully saturated rings. The summed E-state index contributed by atoms with van der Waals surface area (Å²) in [5.41, 5.74) is 0. The molecule has 8 heavy (non-hydrogen) atoms. The van der Waals surface area contributed by atoms with Gasteiger partial charge in [0.05, 0.1) is 0 Å². The van der Waals surface area contributed by atoms with Gasteiger partial charge in [-0.25, -0.2) is 0 Å². The minimum absolute atomic E-state index is 0. The zero-order chi connectivity index (χ0) is 4.50. The van der Waals surface area contributed by atoms with Gasteiger partial charge in [0, 0.05) is 0 Å². The third-order valence-corrected chi connectivity index (χ3v) is 0. The first-order chi connectivity index (χ1) is 2.00. The number of hydrogen-bond donors (Lipinski definition) is 0. The Morgan fingerprint density at radius 1 is 0.750 bits per heavy atom. The predicted molar refractivity (Wildman–Crippen MR) is 5.75 cm³/mol. The van der Waals surface area contributed by atoms with Crippen molar-refractivity contribution >= 4 is 9.05 Å². The van der Waals surface area contributed by atoms with E-state index in [-0.39, 0.29) is 78.6 Å². The quantitative estimate of drug-likeness (QED) is 0.366. The third-order valence-electron chi connectivity index (χ3n) is 0. The Kier molecular flexibility index (Phi) is 27.1. The maximum atomic E-state index is 8.58. The van der Waals surface area contributed by atoms with Crippen molar-refractivity contribution in [2.75, 3.05) is 0 Å². The first-order valence-corrected chi connectivity index (χ1v) is 2.45. The molecule has 0 aromatic rings. The molecular weight excluding hydrogens is 203 g/mol. The van der Waals surface area contributed by atoms with Gasteiger partial charge in [0.1, 0.15) is 0 Å². The third kappa shape index (κ3) is 71.3. The Morgan fingerprint density at radius 2 is 0.750 bits per heavy atom. The molecule has 0 aliphatic heterocycles. The topological polar surface area (TPSA) is 92.2 Å². The van der Waals surface area contributed by atoms with Crippen LogP contribution in [0.4, 0.5) is 0 Å². The number of rotatable bonds is 0. The first-order valence-electron chi connectivity index (χ1n) is 0.816. The van der Waals surface area contributed by atoms with E-state index in [9.17, 15) is 0 Å². The fourth-order valence-corrected chi connectivity index (χ4v) is 0. The van der Waals surface area contributed by atoms with Gasteiger partial charge < -0.3 is 28.2 Å². The van der Waals surface area contributed by atoms with Gasteiger partial charge in [-0.15, -0.1) is 0 Å². The molecule has 0 aliphatic rings. The van der Waals surface area contributed by atoms with Crippen LogP contribution in [-0.2, 0) is 19.5 Å². The second-order valence-corrected chi connectivity index (χ2v) is 1.50. The van der Waals surface area contributed by atoms with E-state index in [4.69, 9.17) is 19.2 Å². The van der Waals surface area contributed by atoms with E-state index in [0.717, 1.165) is 0 Å². The van der Waals surface area contributed by atoms with E-state index < -0.39 is 9.05 Å². The molecule has 0 saturated carbocycles. The fourth-order valence-electron chi connectivity index (χ4n) is 0. The van der Waals surface area contributed by atoms with Crippen LogP contribution in [0.1, 0.15) is 0 Å². The van der Waals surface area contributed by atoms with E-state index in [1.165, 1.54) is 0 Å². The second-order valence-electron chi connectivity index (χ2n) is 0.500. The van der Waals surface area contributed by atoms with Crippen molar-refractivity contribution in [2.24, 2.45) is 0 Å².